The van der Waals surface area contributed by atoms with E-state index in [1.165, 1.54) is 6.33 Å². The van der Waals surface area contributed by atoms with Crippen molar-refractivity contribution in [1.82, 2.24) is 24.9 Å². The molecule has 0 aliphatic carbocycles. The van der Waals surface area contributed by atoms with Crippen molar-refractivity contribution in [2.24, 2.45) is 0 Å². The Kier molecular flexibility index (Phi) is 2.86. The molecule has 86 valence electrons. The maximum atomic E-state index is 5.70. The SMILES string of the molecule is CNCCN(C)c1cnc2c(N)ncnn12. The van der Waals surface area contributed by atoms with Crippen molar-refractivity contribution in [3.8, 4) is 0 Å². The Labute approximate surface area is 93.3 Å². The fraction of sp³-hybridized carbons (Fsp3) is 0.444. The predicted molar refractivity (Wildman–Crippen MR) is 62.4 cm³/mol. The molecule has 16 heavy (non-hydrogen) atoms. The highest BCUT2D eigenvalue weighted by Crippen LogP contribution is 2.15. The first-order valence-electron chi connectivity index (χ1n) is 5.04. The Bertz CT molecular complexity index is 478. The molecule has 2 aromatic heterocycles. The van der Waals surface area contributed by atoms with Crippen LogP contribution in [0, 0.1) is 0 Å². The molecule has 0 aromatic carbocycles. The molecule has 0 saturated heterocycles. The van der Waals surface area contributed by atoms with E-state index < -0.39 is 0 Å². The van der Waals surface area contributed by atoms with Gasteiger partial charge in [0.2, 0.25) is 0 Å². The number of nitrogens with two attached hydrogens (primary N) is 1. The maximum Gasteiger partial charge on any atom is 0.198 e. The first-order chi connectivity index (χ1) is 7.74. The number of hydrogen-bond acceptors (Lipinski definition) is 6. The molecule has 0 aliphatic heterocycles. The second-order valence-corrected chi connectivity index (χ2v) is 3.52. The summed E-state index contributed by atoms with van der Waals surface area (Å²) in [6.07, 6.45) is 3.18. The topological polar surface area (TPSA) is 84.4 Å². The Morgan fingerprint density at radius 3 is 3.06 bits per heavy atom. The Balaban J connectivity index is 2.34. The van der Waals surface area contributed by atoms with E-state index in [9.17, 15) is 0 Å². The van der Waals surface area contributed by atoms with Crippen LogP contribution in [0.25, 0.3) is 5.65 Å². The summed E-state index contributed by atoms with van der Waals surface area (Å²) in [6, 6.07) is 0. The quantitative estimate of drug-likeness (QED) is 0.714. The van der Waals surface area contributed by atoms with Gasteiger partial charge in [-0.25, -0.2) is 9.97 Å². The van der Waals surface area contributed by atoms with Gasteiger partial charge < -0.3 is 16.0 Å². The lowest BCUT2D eigenvalue weighted by atomic mass is 10.5. The molecular weight excluding hydrogens is 206 g/mol. The molecule has 2 heterocycles. The zero-order valence-corrected chi connectivity index (χ0v) is 9.38. The number of nitrogens with zero attached hydrogens (tertiary/aromatic N) is 5. The number of likely N-dealkylation sites (N-methyl/N-ethyl adjacent to an activating group) is 2. The first-order valence-corrected chi connectivity index (χ1v) is 5.04. The van der Waals surface area contributed by atoms with Gasteiger partial charge in [-0.3, -0.25) is 0 Å². The fourth-order valence-electron chi connectivity index (χ4n) is 1.48. The molecule has 0 unspecified atom stereocenters. The molecule has 0 spiro atoms. The fourth-order valence-corrected chi connectivity index (χ4v) is 1.48. The predicted octanol–water partition coefficient (Wildman–Crippen LogP) is -0.638. The average molecular weight is 221 g/mol. The smallest absolute Gasteiger partial charge is 0.198 e. The van der Waals surface area contributed by atoms with Crippen molar-refractivity contribution in [2.45, 2.75) is 0 Å². The molecule has 0 fully saturated rings. The summed E-state index contributed by atoms with van der Waals surface area (Å²) in [5.74, 6) is 1.29. The van der Waals surface area contributed by atoms with E-state index in [0.29, 0.717) is 11.5 Å². The van der Waals surface area contributed by atoms with Crippen LogP contribution in [-0.4, -0.2) is 46.8 Å². The van der Waals surface area contributed by atoms with Crippen LogP contribution in [0.2, 0.25) is 0 Å². The molecule has 0 saturated carbocycles. The molecule has 7 heteroatoms. The van der Waals surface area contributed by atoms with E-state index in [4.69, 9.17) is 5.73 Å². The van der Waals surface area contributed by atoms with E-state index in [1.54, 1.807) is 10.7 Å². The Hall–Kier alpha value is -1.89. The van der Waals surface area contributed by atoms with Crippen LogP contribution in [-0.2, 0) is 0 Å². The molecule has 7 nitrogen and oxygen atoms in total. The Morgan fingerprint density at radius 1 is 1.50 bits per heavy atom. The number of fused-ring (bicyclic) bond motifs is 1. The van der Waals surface area contributed by atoms with Crippen LogP contribution < -0.4 is 16.0 Å². The summed E-state index contributed by atoms with van der Waals surface area (Å²) in [5, 5.41) is 7.22. The van der Waals surface area contributed by atoms with E-state index >= 15 is 0 Å². The monoisotopic (exact) mass is 221 g/mol. The highest BCUT2D eigenvalue weighted by molar-refractivity contribution is 5.62. The van der Waals surface area contributed by atoms with Crippen LogP contribution in [0.3, 0.4) is 0 Å². The van der Waals surface area contributed by atoms with Crippen LogP contribution in [0.15, 0.2) is 12.5 Å². The van der Waals surface area contributed by atoms with E-state index in [0.717, 1.165) is 18.9 Å². The zero-order chi connectivity index (χ0) is 11.5. The number of anilines is 2. The maximum absolute atomic E-state index is 5.70. The molecule has 2 rings (SSSR count). The van der Waals surface area contributed by atoms with Crippen LogP contribution >= 0.6 is 0 Å². The molecule has 0 radical (unpaired) electrons. The summed E-state index contributed by atoms with van der Waals surface area (Å²) in [6.45, 7) is 1.76. The molecule has 3 N–H and O–H groups in total. The Morgan fingerprint density at radius 2 is 2.31 bits per heavy atom. The number of aromatic nitrogens is 4. The molecule has 2 aromatic rings. The summed E-state index contributed by atoms with van der Waals surface area (Å²) < 4.78 is 1.69. The third-order valence-electron chi connectivity index (χ3n) is 2.40. The van der Waals surface area contributed by atoms with Gasteiger partial charge in [0.15, 0.2) is 17.3 Å². The van der Waals surface area contributed by atoms with Gasteiger partial charge in [0, 0.05) is 20.1 Å². The molecular formula is C9H15N7. The van der Waals surface area contributed by atoms with E-state index in [2.05, 4.69) is 25.3 Å². The minimum Gasteiger partial charge on any atom is -0.381 e. The molecule has 0 amide bonds. The van der Waals surface area contributed by atoms with Crippen molar-refractivity contribution in [1.29, 1.82) is 0 Å². The molecule has 0 aliphatic rings. The van der Waals surface area contributed by atoms with Crippen LogP contribution in [0.1, 0.15) is 0 Å². The van der Waals surface area contributed by atoms with Gasteiger partial charge in [0.1, 0.15) is 6.33 Å². The van der Waals surface area contributed by atoms with Crippen molar-refractivity contribution < 1.29 is 0 Å². The lowest BCUT2D eigenvalue weighted by molar-refractivity contribution is 0.748. The molecule has 0 bridgehead atoms. The second kappa shape index (κ2) is 4.31. The summed E-state index contributed by atoms with van der Waals surface area (Å²) in [7, 11) is 3.90. The van der Waals surface area contributed by atoms with Gasteiger partial charge in [-0.05, 0) is 7.05 Å². The first kappa shape index (κ1) is 10.6. The highest BCUT2D eigenvalue weighted by Gasteiger charge is 2.10. The number of rotatable bonds is 4. The van der Waals surface area contributed by atoms with E-state index in [1.807, 2.05) is 14.1 Å². The minimum absolute atomic E-state index is 0.392. The number of imidazole rings is 1. The summed E-state index contributed by atoms with van der Waals surface area (Å²) >= 11 is 0. The summed E-state index contributed by atoms with van der Waals surface area (Å²) in [5.41, 5.74) is 6.30. The number of nitrogens with one attached hydrogen (secondary N) is 1. The van der Waals surface area contributed by atoms with Gasteiger partial charge in [-0.15, -0.1) is 0 Å². The summed E-state index contributed by atoms with van der Waals surface area (Å²) in [4.78, 5) is 10.2. The van der Waals surface area contributed by atoms with Crippen LogP contribution in [0.5, 0.6) is 0 Å². The average Bonchev–Trinajstić information content (AvgIpc) is 2.71. The number of nitrogen functional groups attached to an aromatic ring is 1. The third kappa shape index (κ3) is 1.76. The van der Waals surface area contributed by atoms with Gasteiger partial charge in [-0.1, -0.05) is 0 Å². The van der Waals surface area contributed by atoms with Crippen molar-refractivity contribution >= 4 is 17.3 Å². The second-order valence-electron chi connectivity index (χ2n) is 3.52. The lowest BCUT2D eigenvalue weighted by Gasteiger charge is -2.17. The van der Waals surface area contributed by atoms with Gasteiger partial charge in [-0.2, -0.15) is 9.61 Å². The molecule has 0 atom stereocenters. The van der Waals surface area contributed by atoms with Crippen molar-refractivity contribution in [3.63, 3.8) is 0 Å². The zero-order valence-electron chi connectivity index (χ0n) is 9.38. The van der Waals surface area contributed by atoms with Gasteiger partial charge in [0.05, 0.1) is 6.20 Å². The largest absolute Gasteiger partial charge is 0.381 e. The standard InChI is InChI=1S/C9H15N7/c1-11-3-4-15(2)7-5-12-9-8(10)13-6-14-16(7)9/h5-6,11H,3-4H2,1-2H3,(H2,10,13,14). The third-order valence-corrected chi connectivity index (χ3v) is 2.40. The minimum atomic E-state index is 0.392. The lowest BCUT2D eigenvalue weighted by Crippen LogP contribution is -2.28. The normalized spacial score (nSPS) is 10.9. The number of hydrogen-bond donors (Lipinski definition) is 2. The van der Waals surface area contributed by atoms with Gasteiger partial charge in [0.25, 0.3) is 0 Å². The van der Waals surface area contributed by atoms with Crippen LogP contribution in [0.4, 0.5) is 11.6 Å². The van der Waals surface area contributed by atoms with E-state index in [-0.39, 0.29) is 0 Å². The highest BCUT2D eigenvalue weighted by atomic mass is 15.4. The van der Waals surface area contributed by atoms with Crippen molar-refractivity contribution in [3.05, 3.63) is 12.5 Å². The van der Waals surface area contributed by atoms with Crippen molar-refractivity contribution in [2.75, 3.05) is 37.8 Å². The van der Waals surface area contributed by atoms with Gasteiger partial charge >= 0.3 is 0 Å².